The number of rotatable bonds is 3. The molecule has 3 heteroatoms. The average molecular weight is 226 g/mol. The summed E-state index contributed by atoms with van der Waals surface area (Å²) in [6, 6.07) is 6.44. The lowest BCUT2D eigenvalue weighted by atomic mass is 10.1. The molecule has 1 fully saturated rings. The van der Waals surface area contributed by atoms with Crippen LogP contribution in [0.2, 0.25) is 0 Å². The van der Waals surface area contributed by atoms with Gasteiger partial charge in [0.15, 0.2) is 0 Å². The number of alkyl halides is 1. The third-order valence-corrected chi connectivity index (χ3v) is 3.30. The van der Waals surface area contributed by atoms with Gasteiger partial charge in [-0.2, -0.15) is 0 Å². The van der Waals surface area contributed by atoms with Gasteiger partial charge in [0.2, 0.25) is 0 Å². The fourth-order valence-electron chi connectivity index (χ4n) is 1.82. The summed E-state index contributed by atoms with van der Waals surface area (Å²) in [6.07, 6.45) is 0.401. The van der Waals surface area contributed by atoms with E-state index < -0.39 is 0 Å². The zero-order valence-corrected chi connectivity index (χ0v) is 9.92. The Labute approximate surface area is 95.8 Å². The van der Waals surface area contributed by atoms with Crippen molar-refractivity contribution >= 4 is 17.3 Å². The molecule has 1 heterocycles. The van der Waals surface area contributed by atoms with E-state index in [9.17, 15) is 0 Å². The Balaban J connectivity index is 2.08. The third-order valence-electron chi connectivity index (χ3n) is 3.02. The fraction of sp³-hybridized carbons (Fsp3) is 0.500. The molecule has 1 aromatic rings. The van der Waals surface area contributed by atoms with Gasteiger partial charge < -0.3 is 9.64 Å². The Morgan fingerprint density at radius 1 is 1.47 bits per heavy atom. The highest BCUT2D eigenvalue weighted by atomic mass is 35.5. The molecule has 0 bridgehead atoms. The predicted molar refractivity (Wildman–Crippen MR) is 63.7 cm³/mol. The number of methoxy groups -OCH3 is 1. The third kappa shape index (κ3) is 2.11. The molecule has 1 aliphatic heterocycles. The minimum atomic E-state index is 0.401. The van der Waals surface area contributed by atoms with E-state index in [2.05, 4.69) is 30.0 Å². The van der Waals surface area contributed by atoms with Crippen LogP contribution >= 0.6 is 11.6 Å². The normalized spacial score (nSPS) is 16.6. The lowest BCUT2D eigenvalue weighted by Gasteiger charge is -2.40. The van der Waals surface area contributed by atoms with Crippen LogP contribution in [0.1, 0.15) is 11.1 Å². The molecular formula is C12H16ClNO. The van der Waals surface area contributed by atoms with Crippen LogP contribution in [0.5, 0.6) is 0 Å². The van der Waals surface area contributed by atoms with Gasteiger partial charge in [-0.25, -0.2) is 0 Å². The number of halogens is 1. The first-order chi connectivity index (χ1) is 7.24. The standard InChI is InChI=1S/C12H16ClNO/c1-9-5-11(4-3-10(9)6-13)14-7-12(8-14)15-2/h3-5,12H,6-8H2,1-2H3. The molecule has 0 amide bonds. The first-order valence-corrected chi connectivity index (χ1v) is 5.71. The van der Waals surface area contributed by atoms with Crippen molar-refractivity contribution < 1.29 is 4.74 Å². The second kappa shape index (κ2) is 4.42. The minimum absolute atomic E-state index is 0.401. The molecule has 0 saturated carbocycles. The van der Waals surface area contributed by atoms with Crippen molar-refractivity contribution in [3.8, 4) is 0 Å². The maximum atomic E-state index is 5.82. The summed E-state index contributed by atoms with van der Waals surface area (Å²) in [5.74, 6) is 0.590. The predicted octanol–water partition coefficient (Wildman–Crippen LogP) is 2.57. The van der Waals surface area contributed by atoms with Crippen molar-refractivity contribution in [2.45, 2.75) is 18.9 Å². The van der Waals surface area contributed by atoms with Crippen molar-refractivity contribution in [3.05, 3.63) is 29.3 Å². The molecule has 15 heavy (non-hydrogen) atoms. The zero-order valence-electron chi connectivity index (χ0n) is 9.16. The van der Waals surface area contributed by atoms with Gasteiger partial charge >= 0.3 is 0 Å². The van der Waals surface area contributed by atoms with Gasteiger partial charge in [-0.3, -0.25) is 0 Å². The average Bonchev–Trinajstić information content (AvgIpc) is 2.16. The highest BCUT2D eigenvalue weighted by Gasteiger charge is 2.26. The van der Waals surface area contributed by atoms with E-state index in [1.807, 2.05) is 0 Å². The Kier molecular flexibility index (Phi) is 3.17. The Hall–Kier alpha value is -0.730. The molecule has 2 rings (SSSR count). The molecule has 1 aliphatic rings. The second-order valence-electron chi connectivity index (χ2n) is 4.01. The van der Waals surface area contributed by atoms with Crippen molar-refractivity contribution in [3.63, 3.8) is 0 Å². The van der Waals surface area contributed by atoms with E-state index in [0.717, 1.165) is 13.1 Å². The highest BCUT2D eigenvalue weighted by Crippen LogP contribution is 2.25. The molecular weight excluding hydrogens is 210 g/mol. The van der Waals surface area contributed by atoms with E-state index in [1.54, 1.807) is 7.11 Å². The number of ether oxygens (including phenoxy) is 1. The molecule has 0 unspecified atom stereocenters. The van der Waals surface area contributed by atoms with Gasteiger partial charge in [0, 0.05) is 31.8 Å². The first-order valence-electron chi connectivity index (χ1n) is 5.18. The van der Waals surface area contributed by atoms with Gasteiger partial charge in [0.1, 0.15) is 0 Å². The molecule has 82 valence electrons. The van der Waals surface area contributed by atoms with Crippen LogP contribution in [0.4, 0.5) is 5.69 Å². The van der Waals surface area contributed by atoms with Crippen molar-refractivity contribution in [2.24, 2.45) is 0 Å². The van der Waals surface area contributed by atoms with Crippen molar-refractivity contribution in [1.29, 1.82) is 0 Å². The van der Waals surface area contributed by atoms with E-state index in [0.29, 0.717) is 12.0 Å². The highest BCUT2D eigenvalue weighted by molar-refractivity contribution is 6.17. The summed E-state index contributed by atoms with van der Waals surface area (Å²) < 4.78 is 5.25. The first kappa shape index (κ1) is 10.8. The number of hydrogen-bond donors (Lipinski definition) is 0. The van der Waals surface area contributed by atoms with Gasteiger partial charge in [0.05, 0.1) is 6.10 Å². The van der Waals surface area contributed by atoms with Crippen LogP contribution in [0.25, 0.3) is 0 Å². The summed E-state index contributed by atoms with van der Waals surface area (Å²) in [6.45, 7) is 4.10. The molecule has 2 nitrogen and oxygen atoms in total. The van der Waals surface area contributed by atoms with Crippen LogP contribution in [-0.2, 0) is 10.6 Å². The number of hydrogen-bond acceptors (Lipinski definition) is 2. The van der Waals surface area contributed by atoms with Gasteiger partial charge in [-0.1, -0.05) is 6.07 Å². The summed E-state index contributed by atoms with van der Waals surface area (Å²) in [5.41, 5.74) is 3.75. The molecule has 1 saturated heterocycles. The van der Waals surface area contributed by atoms with Crippen LogP contribution < -0.4 is 4.90 Å². The fourth-order valence-corrected chi connectivity index (χ4v) is 2.12. The van der Waals surface area contributed by atoms with E-state index in [-0.39, 0.29) is 0 Å². The van der Waals surface area contributed by atoms with Crippen molar-refractivity contribution in [1.82, 2.24) is 0 Å². The summed E-state index contributed by atoms with van der Waals surface area (Å²) in [4.78, 5) is 2.32. The van der Waals surface area contributed by atoms with E-state index in [1.165, 1.54) is 16.8 Å². The van der Waals surface area contributed by atoms with Gasteiger partial charge in [0.25, 0.3) is 0 Å². The Morgan fingerprint density at radius 3 is 2.73 bits per heavy atom. The molecule has 0 N–H and O–H groups in total. The summed E-state index contributed by atoms with van der Waals surface area (Å²) in [7, 11) is 1.77. The molecule has 0 radical (unpaired) electrons. The smallest absolute Gasteiger partial charge is 0.0920 e. The molecule has 0 spiro atoms. The molecule has 0 atom stereocenters. The molecule has 0 aromatic heterocycles. The zero-order chi connectivity index (χ0) is 10.8. The van der Waals surface area contributed by atoms with Gasteiger partial charge in [-0.15, -0.1) is 11.6 Å². The quantitative estimate of drug-likeness (QED) is 0.734. The van der Waals surface area contributed by atoms with Crippen LogP contribution in [0, 0.1) is 6.92 Å². The lowest BCUT2D eigenvalue weighted by Crippen LogP contribution is -2.51. The number of benzene rings is 1. The van der Waals surface area contributed by atoms with Gasteiger partial charge in [-0.05, 0) is 30.2 Å². The van der Waals surface area contributed by atoms with Crippen molar-refractivity contribution in [2.75, 3.05) is 25.1 Å². The maximum absolute atomic E-state index is 5.82. The van der Waals surface area contributed by atoms with Crippen LogP contribution in [0.3, 0.4) is 0 Å². The van der Waals surface area contributed by atoms with E-state index >= 15 is 0 Å². The number of anilines is 1. The number of nitrogens with zero attached hydrogens (tertiary/aromatic N) is 1. The number of aryl methyl sites for hydroxylation is 1. The lowest BCUT2D eigenvalue weighted by molar-refractivity contribution is 0.0787. The van der Waals surface area contributed by atoms with Crippen LogP contribution in [-0.4, -0.2) is 26.3 Å². The molecule has 0 aliphatic carbocycles. The minimum Gasteiger partial charge on any atom is -0.378 e. The monoisotopic (exact) mass is 225 g/mol. The Bertz CT molecular complexity index is 347. The summed E-state index contributed by atoms with van der Waals surface area (Å²) in [5, 5.41) is 0. The van der Waals surface area contributed by atoms with Crippen LogP contribution in [0.15, 0.2) is 18.2 Å². The maximum Gasteiger partial charge on any atom is 0.0920 e. The largest absolute Gasteiger partial charge is 0.378 e. The topological polar surface area (TPSA) is 12.5 Å². The summed E-state index contributed by atoms with van der Waals surface area (Å²) >= 11 is 5.82. The van der Waals surface area contributed by atoms with E-state index in [4.69, 9.17) is 16.3 Å². The second-order valence-corrected chi connectivity index (χ2v) is 4.27. The Morgan fingerprint density at radius 2 is 2.20 bits per heavy atom. The molecule has 1 aromatic carbocycles. The SMILES string of the molecule is COC1CN(c2ccc(CCl)c(C)c2)C1.